The predicted octanol–water partition coefficient (Wildman–Crippen LogP) is 9.43. The lowest BCUT2D eigenvalue weighted by molar-refractivity contribution is 0.662. The first-order valence-electron chi connectivity index (χ1n) is 15.2. The number of hydrogen-bond acceptors (Lipinski definition) is 5. The van der Waals surface area contributed by atoms with Gasteiger partial charge < -0.3 is 0 Å². The summed E-state index contributed by atoms with van der Waals surface area (Å²) in [6, 6.07) is 36.0. The minimum atomic E-state index is -0.170. The zero-order valence-electron chi connectivity index (χ0n) is 24.9. The van der Waals surface area contributed by atoms with Crippen molar-refractivity contribution < 1.29 is 0 Å². The molecular formula is C40H27N5. The van der Waals surface area contributed by atoms with Gasteiger partial charge in [-0.2, -0.15) is 0 Å². The Labute approximate surface area is 260 Å². The van der Waals surface area contributed by atoms with Crippen molar-refractivity contribution in [3.63, 3.8) is 0 Å². The molecule has 5 heteroatoms. The van der Waals surface area contributed by atoms with Crippen LogP contribution < -0.4 is 0 Å². The van der Waals surface area contributed by atoms with E-state index in [1.165, 1.54) is 22.3 Å². The Morgan fingerprint density at radius 2 is 1.27 bits per heavy atom. The molecule has 0 unspecified atom stereocenters. The first-order chi connectivity index (χ1) is 22.1. The number of aromatic nitrogens is 5. The molecule has 4 aromatic heterocycles. The average molecular weight is 578 g/mol. The summed E-state index contributed by atoms with van der Waals surface area (Å²) in [7, 11) is 0. The van der Waals surface area contributed by atoms with Gasteiger partial charge in [0.25, 0.3) is 0 Å². The summed E-state index contributed by atoms with van der Waals surface area (Å²) < 4.78 is 0. The van der Waals surface area contributed by atoms with Crippen molar-refractivity contribution in [3.8, 4) is 44.9 Å². The van der Waals surface area contributed by atoms with Gasteiger partial charge in [-0.1, -0.05) is 86.6 Å². The van der Waals surface area contributed by atoms with Crippen molar-refractivity contribution in [1.82, 2.24) is 24.9 Å². The van der Waals surface area contributed by atoms with Crippen molar-refractivity contribution >= 4 is 32.7 Å². The highest BCUT2D eigenvalue weighted by molar-refractivity contribution is 6.04. The first-order valence-corrected chi connectivity index (χ1v) is 15.2. The SMILES string of the molecule is CC1(C)c2ccccc2-c2cccc(-c3cnc(-c4cnc5c(ccc6cccnc65)c4)c(-c4ccc5ncccc5c4)n3)c21. The van der Waals surface area contributed by atoms with Crippen LogP contribution in [0, 0.1) is 0 Å². The summed E-state index contributed by atoms with van der Waals surface area (Å²) in [5.74, 6) is 0. The molecule has 212 valence electrons. The normalized spacial score (nSPS) is 13.3. The van der Waals surface area contributed by atoms with Crippen molar-refractivity contribution in [3.05, 3.63) is 139 Å². The maximum atomic E-state index is 5.41. The van der Waals surface area contributed by atoms with Gasteiger partial charge in [0.05, 0.1) is 39.8 Å². The lowest BCUT2D eigenvalue weighted by Crippen LogP contribution is -2.16. The van der Waals surface area contributed by atoms with E-state index in [0.29, 0.717) is 0 Å². The molecule has 1 aliphatic carbocycles. The molecule has 0 N–H and O–H groups in total. The predicted molar refractivity (Wildman–Crippen MR) is 182 cm³/mol. The van der Waals surface area contributed by atoms with Crippen LogP contribution in [0.25, 0.3) is 77.6 Å². The van der Waals surface area contributed by atoms with Crippen LogP contribution in [0.15, 0.2) is 128 Å². The summed E-state index contributed by atoms with van der Waals surface area (Å²) >= 11 is 0. The third-order valence-corrected chi connectivity index (χ3v) is 9.20. The molecule has 0 fully saturated rings. The maximum Gasteiger partial charge on any atom is 0.0981 e. The van der Waals surface area contributed by atoms with Crippen molar-refractivity contribution in [2.75, 3.05) is 0 Å². The quantitative estimate of drug-likeness (QED) is 0.196. The van der Waals surface area contributed by atoms with E-state index in [4.69, 9.17) is 15.0 Å². The molecule has 9 rings (SSSR count). The Kier molecular flexibility index (Phi) is 5.47. The number of benzene rings is 4. The number of hydrogen-bond donors (Lipinski definition) is 0. The molecule has 0 atom stereocenters. The fraction of sp³-hybridized carbons (Fsp3) is 0.0750. The molecule has 4 heterocycles. The summed E-state index contributed by atoms with van der Waals surface area (Å²) in [6.07, 6.45) is 7.45. The Morgan fingerprint density at radius 1 is 0.511 bits per heavy atom. The molecule has 0 saturated carbocycles. The van der Waals surface area contributed by atoms with Crippen LogP contribution in [-0.2, 0) is 5.41 Å². The smallest absolute Gasteiger partial charge is 0.0981 e. The lowest BCUT2D eigenvalue weighted by Gasteiger charge is -2.24. The van der Waals surface area contributed by atoms with Gasteiger partial charge in [0.2, 0.25) is 0 Å². The average Bonchev–Trinajstić information content (AvgIpc) is 3.34. The van der Waals surface area contributed by atoms with Gasteiger partial charge in [-0.25, -0.2) is 4.98 Å². The molecule has 0 saturated heterocycles. The molecule has 0 bridgehead atoms. The molecule has 8 aromatic rings. The van der Waals surface area contributed by atoms with E-state index >= 15 is 0 Å². The first kappa shape index (κ1) is 25.7. The van der Waals surface area contributed by atoms with E-state index in [2.05, 4.69) is 115 Å². The fourth-order valence-corrected chi connectivity index (χ4v) is 7.08. The zero-order valence-corrected chi connectivity index (χ0v) is 24.9. The molecule has 0 radical (unpaired) electrons. The van der Waals surface area contributed by atoms with Crippen molar-refractivity contribution in [2.24, 2.45) is 0 Å². The van der Waals surface area contributed by atoms with Gasteiger partial charge in [-0.15, -0.1) is 0 Å². The zero-order chi connectivity index (χ0) is 30.1. The number of rotatable bonds is 3. The monoisotopic (exact) mass is 577 g/mol. The lowest BCUT2D eigenvalue weighted by atomic mass is 9.79. The molecule has 1 aliphatic rings. The fourth-order valence-electron chi connectivity index (χ4n) is 7.08. The van der Waals surface area contributed by atoms with Gasteiger partial charge in [0.15, 0.2) is 0 Å². The Hall–Kier alpha value is -5.81. The van der Waals surface area contributed by atoms with Gasteiger partial charge in [0, 0.05) is 56.9 Å². The van der Waals surface area contributed by atoms with Crippen LogP contribution in [0.5, 0.6) is 0 Å². The summed E-state index contributed by atoms with van der Waals surface area (Å²) in [6.45, 7) is 4.61. The van der Waals surface area contributed by atoms with Crippen LogP contribution in [-0.4, -0.2) is 24.9 Å². The number of nitrogens with zero attached hydrogens (tertiary/aromatic N) is 5. The molecule has 4 aromatic carbocycles. The molecule has 5 nitrogen and oxygen atoms in total. The van der Waals surface area contributed by atoms with E-state index in [9.17, 15) is 0 Å². The summed E-state index contributed by atoms with van der Waals surface area (Å²) in [4.78, 5) is 24.6. The third kappa shape index (κ3) is 3.90. The number of pyridine rings is 3. The van der Waals surface area contributed by atoms with Crippen LogP contribution in [0.2, 0.25) is 0 Å². The van der Waals surface area contributed by atoms with Crippen LogP contribution in [0.4, 0.5) is 0 Å². The highest BCUT2D eigenvalue weighted by Gasteiger charge is 2.37. The minimum absolute atomic E-state index is 0.170. The van der Waals surface area contributed by atoms with E-state index < -0.39 is 0 Å². The highest BCUT2D eigenvalue weighted by atomic mass is 14.8. The summed E-state index contributed by atoms with van der Waals surface area (Å²) in [5, 5.41) is 3.14. The summed E-state index contributed by atoms with van der Waals surface area (Å²) in [5.41, 5.74) is 13.1. The standard InChI is InChI=1S/C40H27N5/c1-40(2)32-13-4-3-10-29(32)30-11-5-12-31(35(30)40)34-23-44-38(39(45-34)27-16-17-33-25(20-27)9-7-18-41-33)28-21-26-15-14-24-8-6-19-42-36(24)37(26)43-22-28/h3-23H,1-2H3. The minimum Gasteiger partial charge on any atom is -0.256 e. The number of fused-ring (bicyclic) bond motifs is 7. The van der Waals surface area contributed by atoms with E-state index in [0.717, 1.165) is 66.5 Å². The highest BCUT2D eigenvalue weighted by Crippen LogP contribution is 2.52. The second-order valence-corrected chi connectivity index (χ2v) is 12.2. The largest absolute Gasteiger partial charge is 0.256 e. The van der Waals surface area contributed by atoms with E-state index in [-0.39, 0.29) is 5.41 Å². The van der Waals surface area contributed by atoms with Gasteiger partial charge >= 0.3 is 0 Å². The Bertz CT molecular complexity index is 2480. The molecule has 0 aliphatic heterocycles. The molecule has 0 amide bonds. The third-order valence-electron chi connectivity index (χ3n) is 9.20. The van der Waals surface area contributed by atoms with Gasteiger partial charge in [-0.05, 0) is 52.6 Å². The second kappa shape index (κ2) is 9.60. The van der Waals surface area contributed by atoms with Gasteiger partial charge in [-0.3, -0.25) is 19.9 Å². The maximum absolute atomic E-state index is 5.41. The molecule has 45 heavy (non-hydrogen) atoms. The van der Waals surface area contributed by atoms with Crippen molar-refractivity contribution in [2.45, 2.75) is 19.3 Å². The van der Waals surface area contributed by atoms with Gasteiger partial charge in [0.1, 0.15) is 0 Å². The second-order valence-electron chi connectivity index (χ2n) is 12.2. The van der Waals surface area contributed by atoms with Crippen LogP contribution >= 0.6 is 0 Å². The van der Waals surface area contributed by atoms with Crippen LogP contribution in [0.1, 0.15) is 25.0 Å². The van der Waals surface area contributed by atoms with E-state index in [1.54, 1.807) is 0 Å². The van der Waals surface area contributed by atoms with Crippen molar-refractivity contribution in [1.29, 1.82) is 0 Å². The molecular weight excluding hydrogens is 550 g/mol. The van der Waals surface area contributed by atoms with Crippen LogP contribution in [0.3, 0.4) is 0 Å². The van der Waals surface area contributed by atoms with E-state index in [1.807, 2.05) is 36.9 Å². The Balaban J connectivity index is 1.27. The Morgan fingerprint density at radius 3 is 2.20 bits per heavy atom. The topological polar surface area (TPSA) is 64.5 Å². The molecule has 0 spiro atoms.